The van der Waals surface area contributed by atoms with Crippen molar-refractivity contribution in [1.29, 1.82) is 5.26 Å². The van der Waals surface area contributed by atoms with E-state index in [1.54, 1.807) is 6.07 Å². The van der Waals surface area contributed by atoms with E-state index in [1.807, 2.05) is 0 Å². The van der Waals surface area contributed by atoms with Crippen LogP contribution in [0, 0.1) is 11.3 Å². The van der Waals surface area contributed by atoms with E-state index < -0.39 is 17.7 Å². The van der Waals surface area contributed by atoms with Crippen LogP contribution in [0.3, 0.4) is 0 Å². The van der Waals surface area contributed by atoms with E-state index in [-0.39, 0.29) is 11.5 Å². The fraction of sp³-hybridized carbons (Fsp3) is 0. The number of carbonyl (C=O) groups excluding carboxylic acids is 1. The predicted molar refractivity (Wildman–Crippen MR) is 52.1 cm³/mol. The Morgan fingerprint density at radius 3 is 2.47 bits per heavy atom. The molecule has 2 rings (SSSR count). The van der Waals surface area contributed by atoms with Gasteiger partial charge in [-0.1, -0.05) is 0 Å². The first-order valence-corrected chi connectivity index (χ1v) is 4.44. The predicted octanol–water partition coefficient (Wildman–Crippen LogP) is 0.633. The number of carbonyl (C=O) groups is 1. The first-order valence-electron chi connectivity index (χ1n) is 4.44. The van der Waals surface area contributed by atoms with Crippen molar-refractivity contribution in [3.05, 3.63) is 35.8 Å². The average molecular weight is 234 g/mol. The highest BCUT2D eigenvalue weighted by Crippen LogP contribution is 2.19. The smallest absolute Gasteiger partial charge is 0.399 e. The third kappa shape index (κ3) is 1.91. The monoisotopic (exact) mass is 234 g/mol. The minimum absolute atomic E-state index is 0.0436. The SMILES string of the molecule is N#Cc1ccc(C(=O)On2c(O)ccc2O)o1. The molecule has 7 nitrogen and oxygen atoms in total. The van der Waals surface area contributed by atoms with E-state index in [4.69, 9.17) is 9.68 Å². The molecule has 7 heteroatoms. The minimum atomic E-state index is -0.951. The van der Waals surface area contributed by atoms with Gasteiger partial charge in [-0.25, -0.2) is 4.79 Å². The van der Waals surface area contributed by atoms with Crippen LogP contribution in [0.2, 0.25) is 0 Å². The van der Waals surface area contributed by atoms with Crippen LogP contribution in [0.25, 0.3) is 0 Å². The quantitative estimate of drug-likeness (QED) is 0.788. The summed E-state index contributed by atoms with van der Waals surface area (Å²) >= 11 is 0. The van der Waals surface area contributed by atoms with E-state index in [0.29, 0.717) is 4.73 Å². The maximum absolute atomic E-state index is 11.5. The summed E-state index contributed by atoms with van der Waals surface area (Å²) in [5, 5.41) is 26.9. The standard InChI is InChI=1S/C10H6N2O5/c11-5-6-1-2-7(16-6)10(15)17-12-8(13)3-4-9(12)14/h1-4,13-14H. The molecule has 86 valence electrons. The molecule has 2 aromatic rings. The molecule has 2 heterocycles. The van der Waals surface area contributed by atoms with E-state index in [1.165, 1.54) is 12.1 Å². The highest BCUT2D eigenvalue weighted by atomic mass is 16.7. The molecule has 0 atom stereocenters. The molecule has 0 saturated heterocycles. The third-order valence-corrected chi connectivity index (χ3v) is 1.89. The number of nitrogens with zero attached hydrogens (tertiary/aromatic N) is 2. The fourth-order valence-corrected chi connectivity index (χ4v) is 1.13. The van der Waals surface area contributed by atoms with Crippen molar-refractivity contribution in [3.8, 4) is 17.8 Å². The van der Waals surface area contributed by atoms with E-state index in [0.717, 1.165) is 12.1 Å². The lowest BCUT2D eigenvalue weighted by atomic mass is 10.4. The molecular weight excluding hydrogens is 228 g/mol. The molecule has 0 aliphatic heterocycles. The van der Waals surface area contributed by atoms with Crippen molar-refractivity contribution in [1.82, 2.24) is 4.73 Å². The van der Waals surface area contributed by atoms with Gasteiger partial charge in [0.15, 0.2) is 0 Å². The van der Waals surface area contributed by atoms with Crippen LogP contribution < -0.4 is 4.84 Å². The van der Waals surface area contributed by atoms with Gasteiger partial charge in [-0.05, 0) is 12.1 Å². The van der Waals surface area contributed by atoms with Gasteiger partial charge in [-0.2, -0.15) is 5.26 Å². The van der Waals surface area contributed by atoms with Gasteiger partial charge in [0.05, 0.1) is 0 Å². The number of aromatic nitrogens is 1. The molecule has 0 radical (unpaired) electrons. The zero-order chi connectivity index (χ0) is 12.4. The van der Waals surface area contributed by atoms with Crippen LogP contribution in [0.4, 0.5) is 0 Å². The number of furan rings is 1. The second-order valence-electron chi connectivity index (χ2n) is 3.00. The number of hydrogen-bond donors (Lipinski definition) is 2. The summed E-state index contributed by atoms with van der Waals surface area (Å²) in [5.74, 6) is -2.09. The summed E-state index contributed by atoms with van der Waals surface area (Å²) in [7, 11) is 0. The van der Waals surface area contributed by atoms with Crippen molar-refractivity contribution in [2.24, 2.45) is 0 Å². The highest BCUT2D eigenvalue weighted by molar-refractivity contribution is 5.86. The molecule has 2 aromatic heterocycles. The highest BCUT2D eigenvalue weighted by Gasteiger charge is 2.17. The van der Waals surface area contributed by atoms with E-state index in [2.05, 4.69) is 4.84 Å². The van der Waals surface area contributed by atoms with Crippen molar-refractivity contribution in [3.63, 3.8) is 0 Å². The molecule has 0 unspecified atom stereocenters. The molecule has 17 heavy (non-hydrogen) atoms. The molecule has 0 aromatic carbocycles. The van der Waals surface area contributed by atoms with Crippen molar-refractivity contribution in [2.45, 2.75) is 0 Å². The largest absolute Gasteiger partial charge is 0.492 e. The third-order valence-electron chi connectivity index (χ3n) is 1.89. The summed E-state index contributed by atoms with van der Waals surface area (Å²) in [6.45, 7) is 0. The molecule has 0 fully saturated rings. The molecular formula is C10H6N2O5. The van der Waals surface area contributed by atoms with Crippen LogP contribution in [0.15, 0.2) is 28.7 Å². The van der Waals surface area contributed by atoms with Gasteiger partial charge >= 0.3 is 5.97 Å². The first-order chi connectivity index (χ1) is 8.11. The molecule has 0 bridgehead atoms. The maximum atomic E-state index is 11.5. The van der Waals surface area contributed by atoms with Gasteiger partial charge in [-0.15, -0.1) is 4.73 Å². The number of aromatic hydroxyl groups is 2. The van der Waals surface area contributed by atoms with Crippen molar-refractivity contribution < 1.29 is 24.3 Å². The van der Waals surface area contributed by atoms with Gasteiger partial charge < -0.3 is 19.5 Å². The van der Waals surface area contributed by atoms with Crippen LogP contribution >= 0.6 is 0 Å². The molecule has 2 N–H and O–H groups in total. The van der Waals surface area contributed by atoms with Gasteiger partial charge in [0.25, 0.3) is 0 Å². The van der Waals surface area contributed by atoms with E-state index in [9.17, 15) is 15.0 Å². The Labute approximate surface area is 94.6 Å². The van der Waals surface area contributed by atoms with Crippen LogP contribution in [-0.2, 0) is 0 Å². The Morgan fingerprint density at radius 1 is 1.29 bits per heavy atom. The Bertz CT molecular complexity index is 585. The summed E-state index contributed by atoms with van der Waals surface area (Å²) < 4.78 is 5.34. The molecule has 0 aliphatic rings. The summed E-state index contributed by atoms with van der Waals surface area (Å²) in [6, 6.07) is 6.54. The number of hydrogen-bond acceptors (Lipinski definition) is 6. The first kappa shape index (κ1) is 10.6. The van der Waals surface area contributed by atoms with Gasteiger partial charge in [-0.3, -0.25) is 0 Å². The minimum Gasteiger partial charge on any atom is -0.492 e. The lowest BCUT2D eigenvalue weighted by Gasteiger charge is -2.04. The fourth-order valence-electron chi connectivity index (χ4n) is 1.13. The summed E-state index contributed by atoms with van der Waals surface area (Å²) in [4.78, 5) is 16.1. The Hall–Kier alpha value is -2.88. The zero-order valence-electron chi connectivity index (χ0n) is 8.32. The summed E-state index contributed by atoms with van der Waals surface area (Å²) in [6.07, 6.45) is 0. The Morgan fingerprint density at radius 2 is 1.94 bits per heavy atom. The lowest BCUT2D eigenvalue weighted by molar-refractivity contribution is 0.0346. The lowest BCUT2D eigenvalue weighted by Crippen LogP contribution is -2.18. The van der Waals surface area contributed by atoms with Crippen LogP contribution in [0.5, 0.6) is 11.8 Å². The topological polar surface area (TPSA) is 109 Å². The second-order valence-corrected chi connectivity index (χ2v) is 3.00. The number of rotatable bonds is 2. The average Bonchev–Trinajstić information content (AvgIpc) is 2.90. The second kappa shape index (κ2) is 3.94. The normalized spacial score (nSPS) is 9.82. The van der Waals surface area contributed by atoms with E-state index >= 15 is 0 Å². The zero-order valence-corrected chi connectivity index (χ0v) is 8.32. The Kier molecular flexibility index (Phi) is 2.46. The van der Waals surface area contributed by atoms with Crippen molar-refractivity contribution in [2.75, 3.05) is 0 Å². The molecule has 0 spiro atoms. The number of nitriles is 1. The molecule has 0 saturated carbocycles. The van der Waals surface area contributed by atoms with Gasteiger partial charge in [0, 0.05) is 12.1 Å². The summed E-state index contributed by atoms with van der Waals surface area (Å²) in [5.41, 5.74) is 0. The molecule has 0 amide bonds. The van der Waals surface area contributed by atoms with Crippen LogP contribution in [0.1, 0.15) is 16.3 Å². The molecule has 0 aliphatic carbocycles. The Balaban J connectivity index is 2.20. The van der Waals surface area contributed by atoms with Gasteiger partial charge in [0.2, 0.25) is 23.3 Å². The van der Waals surface area contributed by atoms with Gasteiger partial charge in [0.1, 0.15) is 6.07 Å². The van der Waals surface area contributed by atoms with Crippen LogP contribution in [-0.4, -0.2) is 20.9 Å². The van der Waals surface area contributed by atoms with Crippen molar-refractivity contribution >= 4 is 5.97 Å². The maximum Gasteiger partial charge on any atom is 0.399 e.